The molecule has 2 heteroatoms. The molecule has 122 valence electrons. The minimum atomic E-state index is 1.30. The molecule has 0 spiro atoms. The summed E-state index contributed by atoms with van der Waals surface area (Å²) in [5, 5.41) is 5.45. The van der Waals surface area contributed by atoms with Gasteiger partial charge in [0.05, 0.1) is 0 Å². The Labute approximate surface area is 165 Å². The van der Waals surface area contributed by atoms with E-state index in [1.54, 1.807) is 0 Å². The van der Waals surface area contributed by atoms with Crippen LogP contribution in [0.2, 0.25) is 0 Å². The number of rotatable bonds is 0. The van der Waals surface area contributed by atoms with Gasteiger partial charge in [-0.1, -0.05) is 23.3 Å². The molecule has 0 aliphatic carbocycles. The molecule has 0 saturated heterocycles. The van der Waals surface area contributed by atoms with Crippen molar-refractivity contribution in [3.63, 3.8) is 0 Å². The Balaban J connectivity index is 0.000000199. The summed E-state index contributed by atoms with van der Waals surface area (Å²) in [6.07, 6.45) is 1.47. The van der Waals surface area contributed by atoms with Crippen LogP contribution in [-0.4, -0.2) is 10.6 Å². The number of hydrogen-bond donors (Lipinski definition) is 0. The Kier molecular flexibility index (Phi) is 9.76. The SMILES string of the molecule is CCl.Cc1cccc2[cH-]ccc12.Cc1cccc2[cH-]ccc12.[CH2]=[Zr+2]. The van der Waals surface area contributed by atoms with Crippen LogP contribution < -0.4 is 0 Å². The number of hydrogen-bond acceptors (Lipinski definition) is 0. The third kappa shape index (κ3) is 5.37. The minimum absolute atomic E-state index is 1.30. The molecular formula is C22H23ClZr. The first-order chi connectivity index (χ1) is 11.8. The second-order valence-corrected chi connectivity index (χ2v) is 5.21. The van der Waals surface area contributed by atoms with Gasteiger partial charge in [-0.05, 0) is 13.8 Å². The van der Waals surface area contributed by atoms with E-state index in [2.05, 4.69) is 102 Å². The third-order valence-electron chi connectivity index (χ3n) is 3.79. The van der Waals surface area contributed by atoms with Crippen molar-refractivity contribution in [3.05, 3.63) is 83.9 Å². The van der Waals surface area contributed by atoms with E-state index in [0.717, 1.165) is 0 Å². The zero-order valence-corrected chi connectivity index (χ0v) is 17.7. The van der Waals surface area contributed by atoms with Crippen molar-refractivity contribution in [2.24, 2.45) is 0 Å². The van der Waals surface area contributed by atoms with Crippen LogP contribution >= 0.6 is 11.6 Å². The van der Waals surface area contributed by atoms with Crippen LogP contribution in [-0.2, 0) is 24.2 Å². The van der Waals surface area contributed by atoms with E-state index in [1.807, 2.05) is 0 Å². The quantitative estimate of drug-likeness (QED) is 0.226. The summed E-state index contributed by atoms with van der Waals surface area (Å²) in [5.41, 5.74) is 2.73. The van der Waals surface area contributed by atoms with E-state index >= 15 is 0 Å². The summed E-state index contributed by atoms with van der Waals surface area (Å²) in [6.45, 7) is 4.28. The van der Waals surface area contributed by atoms with E-state index < -0.39 is 0 Å². The molecule has 0 aliphatic rings. The van der Waals surface area contributed by atoms with E-state index in [1.165, 1.54) is 63.3 Å². The average molecular weight is 414 g/mol. The van der Waals surface area contributed by atoms with Gasteiger partial charge in [0.25, 0.3) is 0 Å². The van der Waals surface area contributed by atoms with Crippen LogP contribution in [0.3, 0.4) is 0 Å². The molecule has 24 heavy (non-hydrogen) atoms. The van der Waals surface area contributed by atoms with Crippen LogP contribution in [0.5, 0.6) is 0 Å². The number of benzene rings is 2. The molecular weight excluding hydrogens is 391 g/mol. The number of aryl methyl sites for hydroxylation is 2. The zero-order chi connectivity index (χ0) is 17.9. The van der Waals surface area contributed by atoms with Crippen molar-refractivity contribution in [1.82, 2.24) is 0 Å². The van der Waals surface area contributed by atoms with Gasteiger partial charge in [0.15, 0.2) is 0 Å². The maximum atomic E-state index is 4.64. The molecule has 0 bridgehead atoms. The van der Waals surface area contributed by atoms with Gasteiger partial charge in [0.1, 0.15) is 0 Å². The fraction of sp³-hybridized carbons (Fsp3) is 0.136. The number of fused-ring (bicyclic) bond motifs is 2. The predicted octanol–water partition coefficient (Wildman–Crippen LogP) is 6.55. The second kappa shape index (κ2) is 11.3. The molecule has 4 rings (SSSR count). The monoisotopic (exact) mass is 412 g/mol. The fourth-order valence-electron chi connectivity index (χ4n) is 2.65. The van der Waals surface area contributed by atoms with Crippen LogP contribution in [0.15, 0.2) is 72.8 Å². The summed E-state index contributed by atoms with van der Waals surface area (Å²) in [4.78, 5) is 0. The molecule has 0 unspecified atom stereocenters. The summed E-state index contributed by atoms with van der Waals surface area (Å²) in [5.74, 6) is 0. The second-order valence-electron chi connectivity index (χ2n) is 5.21. The Hall–Kier alpha value is -1.30. The van der Waals surface area contributed by atoms with Crippen LogP contribution in [0.25, 0.3) is 21.5 Å². The van der Waals surface area contributed by atoms with Gasteiger partial charge in [-0.2, -0.15) is 24.3 Å². The topological polar surface area (TPSA) is 0 Å². The van der Waals surface area contributed by atoms with Crippen LogP contribution in [0.1, 0.15) is 11.1 Å². The molecule has 0 aliphatic heterocycles. The first kappa shape index (κ1) is 20.7. The molecule has 0 saturated carbocycles. The Morgan fingerprint density at radius 2 is 1.08 bits per heavy atom. The van der Waals surface area contributed by atoms with Crippen LogP contribution in [0.4, 0.5) is 0 Å². The zero-order valence-electron chi connectivity index (χ0n) is 14.5. The van der Waals surface area contributed by atoms with Gasteiger partial charge in [-0.25, -0.2) is 0 Å². The standard InChI is InChI=1S/2C10H9.CH3Cl.CH2.Zr/c2*1-8-4-2-5-9-6-3-7-10(8)9;1-2;;/h2*2-7H,1H3;1H3;1H2;/q2*-1;;;+2. The first-order valence-electron chi connectivity index (χ1n) is 7.71. The predicted molar refractivity (Wildman–Crippen MR) is 107 cm³/mol. The van der Waals surface area contributed by atoms with Gasteiger partial charge in [0, 0.05) is 6.38 Å². The first-order valence-corrected chi connectivity index (χ1v) is 10.2. The molecule has 0 amide bonds. The summed E-state index contributed by atoms with van der Waals surface area (Å²) in [6, 6.07) is 25.5. The molecule has 0 N–H and O–H groups in total. The van der Waals surface area contributed by atoms with Crippen molar-refractivity contribution < 1.29 is 24.2 Å². The van der Waals surface area contributed by atoms with Crippen molar-refractivity contribution in [2.75, 3.05) is 6.38 Å². The summed E-state index contributed by atoms with van der Waals surface area (Å²) < 4.78 is 3.34. The van der Waals surface area contributed by atoms with E-state index in [-0.39, 0.29) is 0 Å². The number of alkyl halides is 1. The summed E-state index contributed by atoms with van der Waals surface area (Å²) in [7, 11) is 0. The molecule has 0 atom stereocenters. The van der Waals surface area contributed by atoms with E-state index in [9.17, 15) is 0 Å². The maximum absolute atomic E-state index is 4.64. The van der Waals surface area contributed by atoms with Gasteiger partial charge >= 0.3 is 28.4 Å². The van der Waals surface area contributed by atoms with Gasteiger partial charge in [-0.15, -0.1) is 69.5 Å². The van der Waals surface area contributed by atoms with Crippen molar-refractivity contribution >= 4 is 37.4 Å². The third-order valence-corrected chi connectivity index (χ3v) is 3.79. The van der Waals surface area contributed by atoms with Gasteiger partial charge in [0.2, 0.25) is 0 Å². The molecule has 4 aromatic carbocycles. The Morgan fingerprint density at radius 1 is 0.708 bits per heavy atom. The molecule has 0 heterocycles. The normalized spacial score (nSPS) is 9.25. The Bertz CT molecular complexity index is 782. The van der Waals surface area contributed by atoms with Crippen molar-refractivity contribution in [1.29, 1.82) is 0 Å². The van der Waals surface area contributed by atoms with Gasteiger partial charge in [-0.3, -0.25) is 0 Å². The van der Waals surface area contributed by atoms with E-state index in [0.29, 0.717) is 0 Å². The molecule has 0 aromatic heterocycles. The van der Waals surface area contributed by atoms with Crippen molar-refractivity contribution in [2.45, 2.75) is 13.8 Å². The number of halogens is 1. The fourth-order valence-corrected chi connectivity index (χ4v) is 2.65. The molecule has 4 aromatic rings. The van der Waals surface area contributed by atoms with E-state index in [4.69, 9.17) is 0 Å². The van der Waals surface area contributed by atoms with Crippen LogP contribution in [0, 0.1) is 13.8 Å². The molecule has 0 radical (unpaired) electrons. The Morgan fingerprint density at radius 3 is 1.42 bits per heavy atom. The summed E-state index contributed by atoms with van der Waals surface area (Å²) >= 11 is 5.94. The van der Waals surface area contributed by atoms with Crippen molar-refractivity contribution in [3.8, 4) is 0 Å². The molecule has 0 nitrogen and oxygen atoms in total. The van der Waals surface area contributed by atoms with Gasteiger partial charge < -0.3 is 0 Å². The molecule has 0 fully saturated rings. The average Bonchev–Trinajstić information content (AvgIpc) is 3.29.